The fraction of sp³-hybridized carbons (Fsp3) is 0.385. The predicted octanol–water partition coefficient (Wildman–Crippen LogP) is 1.56. The maximum absolute atomic E-state index is 12.0. The number of hydrogen-bond acceptors (Lipinski definition) is 3. The van der Waals surface area contributed by atoms with Gasteiger partial charge in [0.15, 0.2) is 0 Å². The zero-order valence-electron chi connectivity index (χ0n) is 10.4. The molecule has 1 aromatic rings. The summed E-state index contributed by atoms with van der Waals surface area (Å²) in [5, 5.41) is 12.5. The number of carboxylic acid groups (broad SMARTS) is 1. The van der Waals surface area contributed by atoms with Crippen molar-refractivity contribution in [1.29, 1.82) is 0 Å². The molecule has 1 fully saturated rings. The zero-order chi connectivity index (χ0) is 14.0. The molecule has 1 saturated heterocycles. The number of carbonyl (C=O) groups excluding carboxylic acids is 1. The minimum atomic E-state index is -1.10. The van der Waals surface area contributed by atoms with Crippen LogP contribution in [0.4, 0.5) is 0 Å². The number of rotatable bonds is 3. The summed E-state index contributed by atoms with van der Waals surface area (Å²) in [7, 11) is 0. The van der Waals surface area contributed by atoms with Crippen molar-refractivity contribution in [1.82, 2.24) is 5.32 Å². The van der Waals surface area contributed by atoms with E-state index >= 15 is 0 Å². The number of halogens is 1. The molecule has 0 aliphatic carbocycles. The molecular weight excluding hydrogens is 270 g/mol. The minimum Gasteiger partial charge on any atom is -0.481 e. The highest BCUT2D eigenvalue weighted by molar-refractivity contribution is 6.30. The second kappa shape index (κ2) is 5.19. The quantitative estimate of drug-likeness (QED) is 0.883. The Labute approximate surface area is 115 Å². The van der Waals surface area contributed by atoms with E-state index in [2.05, 4.69) is 5.32 Å². The van der Waals surface area contributed by atoms with Crippen molar-refractivity contribution < 1.29 is 19.4 Å². The molecule has 2 unspecified atom stereocenters. The van der Waals surface area contributed by atoms with Crippen molar-refractivity contribution in [2.24, 2.45) is 5.41 Å². The average molecular weight is 284 g/mol. The Hall–Kier alpha value is -1.59. The Bertz CT molecular complexity index is 502. The second-order valence-corrected chi connectivity index (χ2v) is 5.21. The molecule has 1 aromatic carbocycles. The van der Waals surface area contributed by atoms with Crippen molar-refractivity contribution in [2.75, 3.05) is 13.2 Å². The van der Waals surface area contributed by atoms with Gasteiger partial charge in [0.2, 0.25) is 0 Å². The fourth-order valence-electron chi connectivity index (χ4n) is 1.93. The number of aliphatic carboxylic acids is 1. The van der Waals surface area contributed by atoms with Gasteiger partial charge in [-0.2, -0.15) is 0 Å². The number of carboxylic acids is 1. The molecule has 0 saturated carbocycles. The van der Waals surface area contributed by atoms with Gasteiger partial charge in [-0.3, -0.25) is 9.59 Å². The van der Waals surface area contributed by atoms with Gasteiger partial charge in [-0.25, -0.2) is 0 Å². The highest BCUT2D eigenvalue weighted by Crippen LogP contribution is 2.29. The van der Waals surface area contributed by atoms with Crippen LogP contribution in [0.2, 0.25) is 5.02 Å². The van der Waals surface area contributed by atoms with Crippen molar-refractivity contribution in [3.63, 3.8) is 0 Å². The molecule has 6 heteroatoms. The molecule has 2 atom stereocenters. The third kappa shape index (κ3) is 2.72. The molecule has 1 heterocycles. The summed E-state index contributed by atoms with van der Waals surface area (Å²) >= 11 is 5.74. The van der Waals surface area contributed by atoms with Gasteiger partial charge in [0.25, 0.3) is 5.91 Å². The van der Waals surface area contributed by atoms with Crippen LogP contribution in [0.3, 0.4) is 0 Å². The van der Waals surface area contributed by atoms with E-state index in [1.807, 2.05) is 0 Å². The highest BCUT2D eigenvalue weighted by Gasteiger charge is 2.47. The van der Waals surface area contributed by atoms with Crippen molar-refractivity contribution in [2.45, 2.75) is 13.0 Å². The van der Waals surface area contributed by atoms with Crippen molar-refractivity contribution in [3.8, 4) is 0 Å². The van der Waals surface area contributed by atoms with Crippen LogP contribution in [0.25, 0.3) is 0 Å². The molecule has 5 nitrogen and oxygen atoms in total. The lowest BCUT2D eigenvalue weighted by atomic mass is 9.85. The van der Waals surface area contributed by atoms with Gasteiger partial charge in [0.05, 0.1) is 19.3 Å². The number of hydrogen-bond donors (Lipinski definition) is 2. The SMILES string of the molecule is CC1(C(=O)O)COCC1NC(=O)c1ccc(Cl)cc1. The second-order valence-electron chi connectivity index (χ2n) is 4.77. The maximum Gasteiger partial charge on any atom is 0.313 e. The molecular formula is C13H14ClNO4. The van der Waals surface area contributed by atoms with E-state index in [4.69, 9.17) is 16.3 Å². The molecule has 2 rings (SSSR count). The van der Waals surface area contributed by atoms with Crippen molar-refractivity contribution in [3.05, 3.63) is 34.9 Å². The van der Waals surface area contributed by atoms with E-state index in [0.717, 1.165) is 0 Å². The summed E-state index contributed by atoms with van der Waals surface area (Å²) < 4.78 is 5.17. The lowest BCUT2D eigenvalue weighted by molar-refractivity contribution is -0.148. The summed E-state index contributed by atoms with van der Waals surface area (Å²) in [6.45, 7) is 1.85. The van der Waals surface area contributed by atoms with Crippen LogP contribution in [0, 0.1) is 5.41 Å². The molecule has 0 radical (unpaired) electrons. The molecule has 1 aliphatic heterocycles. The first kappa shape index (κ1) is 13.8. The lowest BCUT2D eigenvalue weighted by Crippen LogP contribution is -2.49. The van der Waals surface area contributed by atoms with Gasteiger partial charge in [-0.05, 0) is 31.2 Å². The monoisotopic (exact) mass is 283 g/mol. The number of carbonyl (C=O) groups is 2. The fourth-order valence-corrected chi connectivity index (χ4v) is 2.05. The Balaban J connectivity index is 2.10. The summed E-state index contributed by atoms with van der Waals surface area (Å²) in [6, 6.07) is 5.85. The molecule has 1 aliphatic rings. The smallest absolute Gasteiger partial charge is 0.313 e. The topological polar surface area (TPSA) is 75.6 Å². The van der Waals surface area contributed by atoms with E-state index in [1.165, 1.54) is 0 Å². The van der Waals surface area contributed by atoms with E-state index in [1.54, 1.807) is 31.2 Å². The standard InChI is InChI=1S/C13H14ClNO4/c1-13(12(17)18)7-19-6-10(13)15-11(16)8-2-4-9(14)5-3-8/h2-5,10H,6-7H2,1H3,(H,15,16)(H,17,18). The maximum atomic E-state index is 12.0. The van der Waals surface area contributed by atoms with E-state index in [9.17, 15) is 14.7 Å². The molecule has 1 amide bonds. The van der Waals surface area contributed by atoms with Gasteiger partial charge >= 0.3 is 5.97 Å². The largest absolute Gasteiger partial charge is 0.481 e. The lowest BCUT2D eigenvalue weighted by Gasteiger charge is -2.25. The van der Waals surface area contributed by atoms with Crippen LogP contribution >= 0.6 is 11.6 Å². The van der Waals surface area contributed by atoms with E-state index in [-0.39, 0.29) is 19.1 Å². The molecule has 0 bridgehead atoms. The molecule has 19 heavy (non-hydrogen) atoms. The first-order valence-electron chi connectivity index (χ1n) is 5.81. The Morgan fingerprint density at radius 3 is 2.63 bits per heavy atom. The van der Waals surface area contributed by atoms with Gasteiger partial charge in [-0.1, -0.05) is 11.6 Å². The van der Waals surface area contributed by atoms with Crippen LogP contribution in [0.1, 0.15) is 17.3 Å². The van der Waals surface area contributed by atoms with Gasteiger partial charge in [0, 0.05) is 10.6 Å². The number of benzene rings is 1. The molecule has 0 spiro atoms. The predicted molar refractivity (Wildman–Crippen MR) is 69.3 cm³/mol. The third-order valence-electron chi connectivity index (χ3n) is 3.36. The molecule has 102 valence electrons. The average Bonchev–Trinajstić information content (AvgIpc) is 2.73. The summed E-state index contributed by atoms with van der Waals surface area (Å²) in [5.41, 5.74) is -0.661. The normalized spacial score (nSPS) is 26.1. The summed E-state index contributed by atoms with van der Waals surface area (Å²) in [4.78, 5) is 23.3. The number of ether oxygens (including phenoxy) is 1. The zero-order valence-corrected chi connectivity index (χ0v) is 11.1. The third-order valence-corrected chi connectivity index (χ3v) is 3.61. The highest BCUT2D eigenvalue weighted by atomic mass is 35.5. The van der Waals surface area contributed by atoms with Crippen LogP contribution in [-0.4, -0.2) is 36.2 Å². The van der Waals surface area contributed by atoms with Crippen LogP contribution in [0.5, 0.6) is 0 Å². The van der Waals surface area contributed by atoms with Crippen LogP contribution in [0.15, 0.2) is 24.3 Å². The van der Waals surface area contributed by atoms with Crippen molar-refractivity contribution >= 4 is 23.5 Å². The first-order valence-corrected chi connectivity index (χ1v) is 6.19. The Morgan fingerprint density at radius 2 is 2.05 bits per heavy atom. The van der Waals surface area contributed by atoms with Crippen LogP contribution < -0.4 is 5.32 Å². The molecule has 0 aromatic heterocycles. The van der Waals surface area contributed by atoms with E-state index in [0.29, 0.717) is 10.6 Å². The summed E-state index contributed by atoms with van der Waals surface area (Å²) in [6.07, 6.45) is 0. The minimum absolute atomic E-state index is 0.0912. The Morgan fingerprint density at radius 1 is 1.42 bits per heavy atom. The summed E-state index contributed by atoms with van der Waals surface area (Å²) in [5.74, 6) is -1.31. The molecule has 2 N–H and O–H groups in total. The Kier molecular flexibility index (Phi) is 3.78. The van der Waals surface area contributed by atoms with Gasteiger partial charge in [-0.15, -0.1) is 0 Å². The number of amides is 1. The van der Waals surface area contributed by atoms with E-state index < -0.39 is 17.4 Å². The van der Waals surface area contributed by atoms with Gasteiger partial charge < -0.3 is 15.2 Å². The number of nitrogens with one attached hydrogen (secondary N) is 1. The van der Waals surface area contributed by atoms with Crippen LogP contribution in [-0.2, 0) is 9.53 Å². The van der Waals surface area contributed by atoms with Gasteiger partial charge in [0.1, 0.15) is 5.41 Å². The first-order chi connectivity index (χ1) is 8.93.